The van der Waals surface area contributed by atoms with Crippen LogP contribution in [0.2, 0.25) is 5.02 Å². The molecule has 1 atom stereocenters. The minimum Gasteiger partial charge on any atom is -0.348 e. The van der Waals surface area contributed by atoms with Crippen molar-refractivity contribution in [3.63, 3.8) is 0 Å². The summed E-state index contributed by atoms with van der Waals surface area (Å²) in [6, 6.07) is 8.67. The molecule has 0 saturated heterocycles. The molecule has 3 aromatic rings. The molecule has 140 valence electrons. The van der Waals surface area contributed by atoms with E-state index in [0.717, 1.165) is 11.8 Å². The van der Waals surface area contributed by atoms with Gasteiger partial charge in [-0.15, -0.1) is 0 Å². The number of imidazole rings is 1. The first kappa shape index (κ1) is 18.1. The number of benzene rings is 1. The molecule has 27 heavy (non-hydrogen) atoms. The average Bonchev–Trinajstić information content (AvgIpc) is 3.12. The Morgan fingerprint density at radius 2 is 2.11 bits per heavy atom. The fraction of sp³-hybridized carbons (Fsp3) is 0.222. The van der Waals surface area contributed by atoms with E-state index in [0.29, 0.717) is 17.8 Å². The molecule has 1 N–H and O–H groups in total. The molecular formula is C18H16ClFN4O2S. The van der Waals surface area contributed by atoms with Crippen molar-refractivity contribution in [2.45, 2.75) is 18.2 Å². The molecule has 0 spiro atoms. The van der Waals surface area contributed by atoms with Gasteiger partial charge >= 0.3 is 0 Å². The Kier molecular flexibility index (Phi) is 4.71. The average molecular weight is 407 g/mol. The van der Waals surface area contributed by atoms with E-state index in [9.17, 15) is 12.8 Å². The topological polar surface area (TPSA) is 79.0 Å². The minimum absolute atomic E-state index is 0.0759. The maximum Gasteiger partial charge on any atom is 0.219 e. The summed E-state index contributed by atoms with van der Waals surface area (Å²) in [5.41, 5.74) is 2.16. The van der Waals surface area contributed by atoms with Crippen molar-refractivity contribution in [3.05, 3.63) is 82.4 Å². The van der Waals surface area contributed by atoms with Gasteiger partial charge in [-0.1, -0.05) is 23.7 Å². The van der Waals surface area contributed by atoms with Crippen LogP contribution in [0.3, 0.4) is 0 Å². The van der Waals surface area contributed by atoms with Crippen molar-refractivity contribution in [1.29, 1.82) is 0 Å². The van der Waals surface area contributed by atoms with Crippen molar-refractivity contribution in [3.8, 4) is 0 Å². The molecule has 0 saturated carbocycles. The zero-order valence-corrected chi connectivity index (χ0v) is 15.7. The molecule has 1 unspecified atom stereocenters. The predicted octanol–water partition coefficient (Wildman–Crippen LogP) is 3.07. The Balaban J connectivity index is 1.74. The van der Waals surface area contributed by atoms with Gasteiger partial charge in [0.1, 0.15) is 11.9 Å². The van der Waals surface area contributed by atoms with E-state index in [-0.39, 0.29) is 17.1 Å². The molecular weight excluding hydrogens is 391 g/mol. The summed E-state index contributed by atoms with van der Waals surface area (Å²) in [4.78, 5) is 11.7. The Morgan fingerprint density at radius 3 is 2.85 bits per heavy atom. The number of hydrogen-bond acceptors (Lipinski definition) is 4. The number of fused-ring (bicyclic) bond motifs is 1. The number of nitrogens with zero attached hydrogens (tertiary/aromatic N) is 3. The first-order valence-corrected chi connectivity index (χ1v) is 10.3. The fourth-order valence-electron chi connectivity index (χ4n) is 3.30. The molecule has 4 rings (SSSR count). The molecule has 6 nitrogen and oxygen atoms in total. The van der Waals surface area contributed by atoms with Gasteiger partial charge in [-0.25, -0.2) is 17.8 Å². The first-order chi connectivity index (χ1) is 13.0. The van der Waals surface area contributed by atoms with Crippen LogP contribution in [0.25, 0.3) is 0 Å². The third kappa shape index (κ3) is 3.47. The molecule has 9 heteroatoms. The van der Waals surface area contributed by atoms with Gasteiger partial charge < -0.3 is 4.98 Å². The van der Waals surface area contributed by atoms with E-state index in [4.69, 9.17) is 11.6 Å². The molecule has 2 aromatic heterocycles. The second-order valence-electron chi connectivity index (χ2n) is 6.28. The van der Waals surface area contributed by atoms with Gasteiger partial charge in [-0.3, -0.25) is 4.98 Å². The highest BCUT2D eigenvalue weighted by Crippen LogP contribution is 2.35. The Morgan fingerprint density at radius 1 is 1.26 bits per heavy atom. The highest BCUT2D eigenvalue weighted by atomic mass is 35.5. The van der Waals surface area contributed by atoms with Crippen LogP contribution < -0.4 is 0 Å². The summed E-state index contributed by atoms with van der Waals surface area (Å²) in [7, 11) is -3.83. The van der Waals surface area contributed by atoms with Crippen molar-refractivity contribution in [1.82, 2.24) is 19.3 Å². The Hall–Kier alpha value is -2.29. The summed E-state index contributed by atoms with van der Waals surface area (Å²) in [6.45, 7) is 0.258. The van der Waals surface area contributed by atoms with Crippen LogP contribution >= 0.6 is 11.6 Å². The van der Waals surface area contributed by atoms with Crippen LogP contribution in [-0.4, -0.2) is 34.2 Å². The largest absolute Gasteiger partial charge is 0.348 e. The normalized spacial score (nSPS) is 17.6. The quantitative estimate of drug-likeness (QED) is 0.722. The lowest BCUT2D eigenvalue weighted by atomic mass is 10.0. The molecule has 0 amide bonds. The first-order valence-electron chi connectivity index (χ1n) is 8.32. The molecule has 3 heterocycles. The second-order valence-corrected chi connectivity index (χ2v) is 8.63. The zero-order chi connectivity index (χ0) is 19.0. The maximum absolute atomic E-state index is 14.2. The van der Waals surface area contributed by atoms with Gasteiger partial charge in [0, 0.05) is 35.4 Å². The van der Waals surface area contributed by atoms with E-state index in [1.807, 2.05) is 0 Å². The molecule has 0 bridgehead atoms. The number of hydrogen-bond donors (Lipinski definition) is 1. The highest BCUT2D eigenvalue weighted by molar-refractivity contribution is 7.88. The highest BCUT2D eigenvalue weighted by Gasteiger charge is 2.39. The smallest absolute Gasteiger partial charge is 0.219 e. The second kappa shape index (κ2) is 7.03. The lowest BCUT2D eigenvalue weighted by Crippen LogP contribution is -2.41. The van der Waals surface area contributed by atoms with Crippen molar-refractivity contribution in [2.24, 2.45) is 0 Å². The molecule has 1 aromatic carbocycles. The number of aromatic nitrogens is 3. The maximum atomic E-state index is 14.2. The van der Waals surface area contributed by atoms with Crippen molar-refractivity contribution in [2.75, 3.05) is 6.54 Å². The Labute approximate surface area is 161 Å². The number of nitrogens with one attached hydrogen (secondary N) is 1. The third-order valence-electron chi connectivity index (χ3n) is 4.56. The van der Waals surface area contributed by atoms with E-state index in [1.165, 1.54) is 16.4 Å². The van der Waals surface area contributed by atoms with Crippen LogP contribution in [0.1, 0.15) is 28.7 Å². The van der Waals surface area contributed by atoms with Crippen LogP contribution in [0.5, 0.6) is 0 Å². The van der Waals surface area contributed by atoms with E-state index >= 15 is 0 Å². The van der Waals surface area contributed by atoms with Gasteiger partial charge in [-0.05, 0) is 24.3 Å². The number of sulfonamides is 1. The number of H-pyrrole nitrogens is 1. The van der Waals surface area contributed by atoms with Crippen LogP contribution in [-0.2, 0) is 22.2 Å². The third-order valence-corrected chi connectivity index (χ3v) is 6.58. The predicted molar refractivity (Wildman–Crippen MR) is 99.1 cm³/mol. The molecule has 0 fully saturated rings. The minimum atomic E-state index is -3.83. The monoisotopic (exact) mass is 406 g/mol. The molecule has 0 aliphatic carbocycles. The summed E-state index contributed by atoms with van der Waals surface area (Å²) in [5, 5.41) is 0.221. The lowest BCUT2D eigenvalue weighted by molar-refractivity contribution is 0.332. The van der Waals surface area contributed by atoms with E-state index < -0.39 is 27.6 Å². The fourth-order valence-corrected chi connectivity index (χ4v) is 5.15. The van der Waals surface area contributed by atoms with E-state index in [1.54, 1.807) is 30.7 Å². The number of halogens is 2. The number of aromatic amines is 1. The number of pyridine rings is 1. The van der Waals surface area contributed by atoms with Gasteiger partial charge in [0.25, 0.3) is 0 Å². The van der Waals surface area contributed by atoms with Crippen LogP contribution in [0, 0.1) is 5.82 Å². The van der Waals surface area contributed by atoms with Gasteiger partial charge in [0.05, 0.1) is 23.5 Å². The SMILES string of the molecule is O=S(=O)(Cc1ccc(Cl)cc1F)N1CCc2[nH]cnc2C1c1ccccn1. The molecule has 0 radical (unpaired) electrons. The van der Waals surface area contributed by atoms with Crippen molar-refractivity contribution >= 4 is 21.6 Å². The van der Waals surface area contributed by atoms with E-state index in [2.05, 4.69) is 15.0 Å². The summed E-state index contributed by atoms with van der Waals surface area (Å²) >= 11 is 5.76. The Bertz CT molecular complexity index is 1070. The lowest BCUT2D eigenvalue weighted by Gasteiger charge is -2.33. The molecule has 1 aliphatic rings. The zero-order valence-electron chi connectivity index (χ0n) is 14.1. The molecule has 1 aliphatic heterocycles. The summed E-state index contributed by atoms with van der Waals surface area (Å²) < 4.78 is 41.9. The van der Waals surface area contributed by atoms with Crippen LogP contribution in [0.4, 0.5) is 4.39 Å². The number of rotatable bonds is 4. The summed E-state index contributed by atoms with van der Waals surface area (Å²) in [5.74, 6) is -1.10. The van der Waals surface area contributed by atoms with Gasteiger partial charge in [0.15, 0.2) is 0 Å². The van der Waals surface area contributed by atoms with Crippen molar-refractivity contribution < 1.29 is 12.8 Å². The van der Waals surface area contributed by atoms with Gasteiger partial charge in [-0.2, -0.15) is 4.31 Å². The van der Waals surface area contributed by atoms with Gasteiger partial charge in [0.2, 0.25) is 10.0 Å². The van der Waals surface area contributed by atoms with Crippen LogP contribution in [0.15, 0.2) is 48.9 Å². The summed E-state index contributed by atoms with van der Waals surface area (Å²) in [6.07, 6.45) is 3.66. The standard InChI is InChI=1S/C18H16ClFN4O2S/c19-13-5-4-12(14(20)9-13)10-27(25,26)24-8-6-15-17(23-11-22-15)18(24)16-3-1-2-7-21-16/h1-5,7,9,11,18H,6,8,10H2,(H,22,23).